The Labute approximate surface area is 119 Å². The summed E-state index contributed by atoms with van der Waals surface area (Å²) in [5.41, 5.74) is 6.62. The quantitative estimate of drug-likeness (QED) is 0.730. The summed E-state index contributed by atoms with van der Waals surface area (Å²) in [6, 6.07) is 6.17. The molecule has 1 rings (SSSR count). The Morgan fingerprint density at radius 3 is 2.70 bits per heavy atom. The smallest absolute Gasteiger partial charge is 0.321 e. The van der Waals surface area contributed by atoms with E-state index in [4.69, 9.17) is 5.73 Å². The van der Waals surface area contributed by atoms with E-state index in [-0.39, 0.29) is 24.1 Å². The van der Waals surface area contributed by atoms with Gasteiger partial charge < -0.3 is 10.5 Å². The molecule has 0 saturated heterocycles. The molecule has 1 aromatic carbocycles. The molecule has 0 amide bonds. The van der Waals surface area contributed by atoms with Gasteiger partial charge in [-0.15, -0.1) is 0 Å². The second-order valence-electron chi connectivity index (χ2n) is 4.22. The van der Waals surface area contributed by atoms with E-state index in [1.807, 2.05) is 6.92 Å². The zero-order valence-corrected chi connectivity index (χ0v) is 12.4. The number of carbonyl (C=O) groups excluding carboxylic acids is 1. The predicted molar refractivity (Wildman–Crippen MR) is 75.5 cm³/mol. The summed E-state index contributed by atoms with van der Waals surface area (Å²) in [6.07, 6.45) is 0.708. The number of nitrogens with one attached hydrogen (secondary N) is 1. The molecule has 0 heterocycles. The van der Waals surface area contributed by atoms with Gasteiger partial charge in [0.15, 0.2) is 0 Å². The fourth-order valence-corrected chi connectivity index (χ4v) is 2.62. The van der Waals surface area contributed by atoms with Crippen LogP contribution in [0.2, 0.25) is 0 Å². The van der Waals surface area contributed by atoms with Gasteiger partial charge >= 0.3 is 5.97 Å². The van der Waals surface area contributed by atoms with Gasteiger partial charge in [0.2, 0.25) is 10.0 Å². The maximum atomic E-state index is 12.0. The summed E-state index contributed by atoms with van der Waals surface area (Å²) >= 11 is 0. The lowest BCUT2D eigenvalue weighted by Crippen LogP contribution is -2.30. The van der Waals surface area contributed by atoms with Gasteiger partial charge in [-0.2, -0.15) is 4.72 Å². The van der Waals surface area contributed by atoms with E-state index in [0.717, 1.165) is 5.56 Å². The largest absolute Gasteiger partial charge is 0.465 e. The maximum Gasteiger partial charge on any atom is 0.321 e. The summed E-state index contributed by atoms with van der Waals surface area (Å²) in [7, 11) is -3.74. The Bertz CT molecular complexity index is 557. The zero-order chi connectivity index (χ0) is 15.2. The third kappa shape index (κ3) is 4.59. The highest BCUT2D eigenvalue weighted by Gasteiger charge is 2.17. The van der Waals surface area contributed by atoms with Crippen molar-refractivity contribution in [3.8, 4) is 0 Å². The summed E-state index contributed by atoms with van der Waals surface area (Å²) in [5, 5.41) is 0. The van der Waals surface area contributed by atoms with Crippen molar-refractivity contribution in [2.75, 3.05) is 13.2 Å². The third-order valence-electron chi connectivity index (χ3n) is 2.75. The molecule has 0 spiro atoms. The number of hydrogen-bond donors (Lipinski definition) is 2. The SMILES string of the molecule is CCOC(=O)CNS(=O)(=O)c1cccc(C(N)CC)c1. The molecule has 6 nitrogen and oxygen atoms in total. The average Bonchev–Trinajstić information content (AvgIpc) is 2.45. The van der Waals surface area contributed by atoms with Crippen LogP contribution in [0.25, 0.3) is 0 Å². The van der Waals surface area contributed by atoms with Crippen molar-refractivity contribution in [3.05, 3.63) is 29.8 Å². The molecular formula is C13H20N2O4S. The van der Waals surface area contributed by atoms with Gasteiger partial charge in [0.1, 0.15) is 6.54 Å². The number of rotatable bonds is 7. The minimum Gasteiger partial charge on any atom is -0.465 e. The predicted octanol–water partition coefficient (Wildman–Crippen LogP) is 0.938. The van der Waals surface area contributed by atoms with Crippen molar-refractivity contribution in [1.29, 1.82) is 0 Å². The van der Waals surface area contributed by atoms with E-state index in [1.54, 1.807) is 19.1 Å². The molecule has 0 bridgehead atoms. The van der Waals surface area contributed by atoms with Crippen molar-refractivity contribution in [1.82, 2.24) is 4.72 Å². The molecule has 0 aliphatic rings. The monoisotopic (exact) mass is 300 g/mol. The van der Waals surface area contributed by atoms with E-state index in [2.05, 4.69) is 9.46 Å². The van der Waals surface area contributed by atoms with Crippen LogP contribution in [-0.2, 0) is 19.6 Å². The molecule has 112 valence electrons. The molecule has 0 saturated carbocycles. The molecule has 1 unspecified atom stereocenters. The lowest BCUT2D eigenvalue weighted by molar-refractivity contribution is -0.141. The Balaban J connectivity index is 2.84. The van der Waals surface area contributed by atoms with E-state index in [9.17, 15) is 13.2 Å². The number of carbonyl (C=O) groups is 1. The van der Waals surface area contributed by atoms with E-state index in [1.165, 1.54) is 12.1 Å². The number of ether oxygens (including phenoxy) is 1. The summed E-state index contributed by atoms with van der Waals surface area (Å²) in [4.78, 5) is 11.3. The fourth-order valence-electron chi connectivity index (χ4n) is 1.60. The molecule has 1 atom stereocenters. The lowest BCUT2D eigenvalue weighted by Gasteiger charge is -2.11. The highest BCUT2D eigenvalue weighted by molar-refractivity contribution is 7.89. The molecule has 20 heavy (non-hydrogen) atoms. The second kappa shape index (κ2) is 7.37. The van der Waals surface area contributed by atoms with E-state index < -0.39 is 16.0 Å². The van der Waals surface area contributed by atoms with E-state index >= 15 is 0 Å². The van der Waals surface area contributed by atoms with Crippen LogP contribution in [0.5, 0.6) is 0 Å². The van der Waals surface area contributed by atoms with Crippen molar-refractivity contribution in [3.63, 3.8) is 0 Å². The lowest BCUT2D eigenvalue weighted by atomic mass is 10.1. The highest BCUT2D eigenvalue weighted by Crippen LogP contribution is 2.18. The van der Waals surface area contributed by atoms with E-state index in [0.29, 0.717) is 6.42 Å². The fraction of sp³-hybridized carbons (Fsp3) is 0.462. The topological polar surface area (TPSA) is 98.5 Å². The Morgan fingerprint density at radius 2 is 2.10 bits per heavy atom. The Kier molecular flexibility index (Phi) is 6.12. The number of esters is 1. The summed E-state index contributed by atoms with van der Waals surface area (Å²) < 4.78 is 31.0. The van der Waals surface area contributed by atoms with Gasteiger partial charge in [0.25, 0.3) is 0 Å². The maximum absolute atomic E-state index is 12.0. The molecule has 0 aliphatic carbocycles. The van der Waals surface area contributed by atoms with Gasteiger partial charge in [0.05, 0.1) is 11.5 Å². The van der Waals surface area contributed by atoms with Crippen LogP contribution in [0, 0.1) is 0 Å². The first-order valence-corrected chi connectivity index (χ1v) is 7.89. The second-order valence-corrected chi connectivity index (χ2v) is 5.98. The minimum absolute atomic E-state index is 0.0863. The van der Waals surface area contributed by atoms with Gasteiger partial charge in [-0.25, -0.2) is 8.42 Å². The normalized spacial score (nSPS) is 12.9. The number of benzene rings is 1. The molecule has 1 aromatic rings. The standard InChI is InChI=1S/C13H20N2O4S/c1-3-12(14)10-6-5-7-11(8-10)20(17,18)15-9-13(16)19-4-2/h5-8,12,15H,3-4,9,14H2,1-2H3. The van der Waals surface area contributed by atoms with Crippen LogP contribution >= 0.6 is 0 Å². The van der Waals surface area contributed by atoms with Gasteiger partial charge in [-0.05, 0) is 31.0 Å². The van der Waals surface area contributed by atoms with Crippen LogP contribution in [0.15, 0.2) is 29.2 Å². The number of hydrogen-bond acceptors (Lipinski definition) is 5. The van der Waals surface area contributed by atoms with Crippen LogP contribution in [0.3, 0.4) is 0 Å². The Morgan fingerprint density at radius 1 is 1.40 bits per heavy atom. The Hall–Kier alpha value is -1.44. The van der Waals surface area contributed by atoms with Crippen LogP contribution in [-0.4, -0.2) is 27.5 Å². The van der Waals surface area contributed by atoms with Gasteiger partial charge in [-0.1, -0.05) is 19.1 Å². The molecule has 0 radical (unpaired) electrons. The molecular weight excluding hydrogens is 280 g/mol. The minimum atomic E-state index is -3.74. The van der Waals surface area contributed by atoms with Crippen LogP contribution in [0.4, 0.5) is 0 Å². The number of nitrogens with two attached hydrogens (primary N) is 1. The van der Waals surface area contributed by atoms with Gasteiger partial charge in [-0.3, -0.25) is 4.79 Å². The van der Waals surface area contributed by atoms with Crippen molar-refractivity contribution >= 4 is 16.0 Å². The third-order valence-corrected chi connectivity index (χ3v) is 4.15. The summed E-state index contributed by atoms with van der Waals surface area (Å²) in [6.45, 7) is 3.40. The first kappa shape index (κ1) is 16.6. The van der Waals surface area contributed by atoms with Crippen LogP contribution in [0.1, 0.15) is 31.9 Å². The molecule has 0 aromatic heterocycles. The summed E-state index contributed by atoms with van der Waals surface area (Å²) in [5.74, 6) is -0.613. The molecule has 0 aliphatic heterocycles. The van der Waals surface area contributed by atoms with Crippen molar-refractivity contribution in [2.45, 2.75) is 31.2 Å². The molecule has 3 N–H and O–H groups in total. The molecule has 0 fully saturated rings. The first-order chi connectivity index (χ1) is 9.40. The van der Waals surface area contributed by atoms with Gasteiger partial charge in [0, 0.05) is 6.04 Å². The highest BCUT2D eigenvalue weighted by atomic mass is 32.2. The first-order valence-electron chi connectivity index (χ1n) is 6.41. The van der Waals surface area contributed by atoms with Crippen LogP contribution < -0.4 is 10.5 Å². The van der Waals surface area contributed by atoms with Crippen molar-refractivity contribution in [2.24, 2.45) is 5.73 Å². The average molecular weight is 300 g/mol. The number of sulfonamides is 1. The van der Waals surface area contributed by atoms with Crippen molar-refractivity contribution < 1.29 is 17.9 Å². The molecule has 7 heteroatoms. The zero-order valence-electron chi connectivity index (χ0n) is 11.6.